The average Bonchev–Trinajstić information content (AvgIpc) is 2.40. The zero-order chi connectivity index (χ0) is 13.9. The fourth-order valence-electron chi connectivity index (χ4n) is 1.88. The highest BCUT2D eigenvalue weighted by Gasteiger charge is 2.17. The molecule has 6 heteroatoms. The Morgan fingerprint density at radius 1 is 1.21 bits per heavy atom. The summed E-state index contributed by atoms with van der Waals surface area (Å²) in [6.07, 6.45) is 0. The molecule has 0 aliphatic carbocycles. The van der Waals surface area contributed by atoms with Crippen LogP contribution >= 0.6 is 0 Å². The molecule has 19 heavy (non-hydrogen) atoms. The molecule has 0 aromatic heterocycles. The van der Waals surface area contributed by atoms with Gasteiger partial charge in [-0.1, -0.05) is 17.7 Å². The third-order valence-corrected chi connectivity index (χ3v) is 4.41. The molecule has 1 heterocycles. The fraction of sp³-hybridized carbons (Fsp3) is 0.462. The van der Waals surface area contributed by atoms with Gasteiger partial charge in [0.1, 0.15) is 5.84 Å². The smallest absolute Gasteiger partial charge is 0.283 e. The molecule has 104 valence electrons. The summed E-state index contributed by atoms with van der Waals surface area (Å²) >= 11 is 0. The first kappa shape index (κ1) is 14.0. The van der Waals surface area contributed by atoms with E-state index in [4.69, 9.17) is 4.74 Å². The predicted octanol–water partition coefficient (Wildman–Crippen LogP) is 1.43. The molecule has 0 amide bonds. The van der Waals surface area contributed by atoms with Crippen LogP contribution < -0.4 is 0 Å². The van der Waals surface area contributed by atoms with Gasteiger partial charge in [0.2, 0.25) is 0 Å². The van der Waals surface area contributed by atoms with Crippen molar-refractivity contribution >= 4 is 15.9 Å². The number of aryl methyl sites for hydroxylation is 1. The highest BCUT2D eigenvalue weighted by atomic mass is 32.2. The van der Waals surface area contributed by atoms with E-state index in [1.807, 2.05) is 11.8 Å². The minimum Gasteiger partial charge on any atom is -0.378 e. The highest BCUT2D eigenvalue weighted by Crippen LogP contribution is 2.14. The van der Waals surface area contributed by atoms with Gasteiger partial charge in [-0.15, -0.1) is 4.40 Å². The standard InChI is InChI=1S/C13H18N2O3S/c1-11-3-5-13(6-4-11)19(16,17)14-12(2)15-7-9-18-10-8-15/h3-6H,7-10H2,1-2H3/b14-12+. The van der Waals surface area contributed by atoms with Crippen LogP contribution in [0.3, 0.4) is 0 Å². The Morgan fingerprint density at radius 3 is 2.37 bits per heavy atom. The second kappa shape index (κ2) is 5.71. The Balaban J connectivity index is 2.22. The van der Waals surface area contributed by atoms with Crippen molar-refractivity contribution in [1.82, 2.24) is 4.90 Å². The molecule has 0 bridgehead atoms. The lowest BCUT2D eigenvalue weighted by Crippen LogP contribution is -2.39. The molecule has 1 aromatic carbocycles. The van der Waals surface area contributed by atoms with Crippen molar-refractivity contribution in [2.24, 2.45) is 4.40 Å². The third kappa shape index (κ3) is 3.54. The molecule has 0 unspecified atom stereocenters. The van der Waals surface area contributed by atoms with Gasteiger partial charge in [-0.25, -0.2) is 0 Å². The maximum absolute atomic E-state index is 12.2. The summed E-state index contributed by atoms with van der Waals surface area (Å²) in [4.78, 5) is 2.15. The SMILES string of the molecule is C/C(=N\S(=O)(=O)c1ccc(C)cc1)N1CCOCC1. The zero-order valence-electron chi connectivity index (χ0n) is 11.2. The molecule has 0 radical (unpaired) electrons. The van der Waals surface area contributed by atoms with Crippen molar-refractivity contribution in [2.75, 3.05) is 26.3 Å². The van der Waals surface area contributed by atoms with E-state index in [1.54, 1.807) is 31.2 Å². The Kier molecular flexibility index (Phi) is 4.21. The first-order valence-corrected chi connectivity index (χ1v) is 7.64. The molecule has 1 aliphatic heterocycles. The second-order valence-corrected chi connectivity index (χ2v) is 6.13. The summed E-state index contributed by atoms with van der Waals surface area (Å²) in [5.41, 5.74) is 1.02. The number of hydrogen-bond acceptors (Lipinski definition) is 3. The number of ether oxygens (including phenoxy) is 1. The van der Waals surface area contributed by atoms with Gasteiger partial charge in [0.25, 0.3) is 10.0 Å². The number of amidine groups is 1. The zero-order valence-corrected chi connectivity index (χ0v) is 12.0. The van der Waals surface area contributed by atoms with Crippen LogP contribution in [0.5, 0.6) is 0 Å². The quantitative estimate of drug-likeness (QED) is 0.608. The van der Waals surface area contributed by atoms with Crippen LogP contribution in [-0.4, -0.2) is 45.5 Å². The first-order valence-electron chi connectivity index (χ1n) is 6.20. The molecular formula is C13H18N2O3S. The van der Waals surface area contributed by atoms with Crippen LogP contribution in [0.15, 0.2) is 33.6 Å². The van der Waals surface area contributed by atoms with Crippen molar-refractivity contribution in [2.45, 2.75) is 18.7 Å². The maximum atomic E-state index is 12.2. The molecule has 1 saturated heterocycles. The van der Waals surface area contributed by atoms with Crippen molar-refractivity contribution in [3.63, 3.8) is 0 Å². The van der Waals surface area contributed by atoms with E-state index in [0.29, 0.717) is 32.1 Å². The Bertz CT molecular complexity index is 558. The molecule has 0 atom stereocenters. The van der Waals surface area contributed by atoms with Crippen LogP contribution in [-0.2, 0) is 14.8 Å². The topological polar surface area (TPSA) is 59.0 Å². The van der Waals surface area contributed by atoms with E-state index in [-0.39, 0.29) is 4.90 Å². The normalized spacial score (nSPS) is 17.6. The Labute approximate surface area is 114 Å². The van der Waals surface area contributed by atoms with Gasteiger partial charge in [-0.2, -0.15) is 8.42 Å². The van der Waals surface area contributed by atoms with Gasteiger partial charge in [0.05, 0.1) is 18.1 Å². The van der Waals surface area contributed by atoms with Crippen LogP contribution in [0, 0.1) is 6.92 Å². The van der Waals surface area contributed by atoms with E-state index in [0.717, 1.165) is 5.56 Å². The molecule has 0 saturated carbocycles. The molecule has 0 N–H and O–H groups in total. The second-order valence-electron chi connectivity index (χ2n) is 4.53. The molecule has 1 aliphatic rings. The van der Waals surface area contributed by atoms with Crippen molar-refractivity contribution in [3.05, 3.63) is 29.8 Å². The lowest BCUT2D eigenvalue weighted by Gasteiger charge is -2.27. The monoisotopic (exact) mass is 282 g/mol. The van der Waals surface area contributed by atoms with E-state index in [1.165, 1.54) is 0 Å². The minimum atomic E-state index is -3.62. The molecule has 5 nitrogen and oxygen atoms in total. The van der Waals surface area contributed by atoms with Crippen molar-refractivity contribution in [3.8, 4) is 0 Å². The Hall–Kier alpha value is -1.40. The predicted molar refractivity (Wildman–Crippen MR) is 73.9 cm³/mol. The van der Waals surface area contributed by atoms with Gasteiger partial charge < -0.3 is 9.64 Å². The largest absolute Gasteiger partial charge is 0.378 e. The van der Waals surface area contributed by atoms with Crippen molar-refractivity contribution in [1.29, 1.82) is 0 Å². The molecular weight excluding hydrogens is 264 g/mol. The van der Waals surface area contributed by atoms with Crippen LogP contribution in [0.1, 0.15) is 12.5 Å². The molecule has 1 aromatic rings. The molecule has 1 fully saturated rings. The van der Waals surface area contributed by atoms with E-state index in [2.05, 4.69) is 4.40 Å². The summed E-state index contributed by atoms with van der Waals surface area (Å²) in [7, 11) is -3.62. The van der Waals surface area contributed by atoms with E-state index < -0.39 is 10.0 Å². The number of morpholine rings is 1. The van der Waals surface area contributed by atoms with Gasteiger partial charge in [0.15, 0.2) is 0 Å². The van der Waals surface area contributed by atoms with Gasteiger partial charge in [-0.3, -0.25) is 0 Å². The van der Waals surface area contributed by atoms with Crippen LogP contribution in [0.2, 0.25) is 0 Å². The van der Waals surface area contributed by atoms with Crippen LogP contribution in [0.4, 0.5) is 0 Å². The third-order valence-electron chi connectivity index (χ3n) is 3.04. The average molecular weight is 282 g/mol. The summed E-state index contributed by atoms with van der Waals surface area (Å²) in [6.45, 7) is 6.21. The van der Waals surface area contributed by atoms with E-state index >= 15 is 0 Å². The van der Waals surface area contributed by atoms with Gasteiger partial charge in [0, 0.05) is 13.1 Å². The number of nitrogens with zero attached hydrogens (tertiary/aromatic N) is 2. The summed E-state index contributed by atoms with van der Waals surface area (Å²) in [5.74, 6) is 0.517. The summed E-state index contributed by atoms with van der Waals surface area (Å²) in [6, 6.07) is 6.71. The first-order chi connectivity index (χ1) is 8.99. The summed E-state index contributed by atoms with van der Waals surface area (Å²) < 4.78 is 33.4. The maximum Gasteiger partial charge on any atom is 0.283 e. The van der Waals surface area contributed by atoms with Gasteiger partial charge >= 0.3 is 0 Å². The number of sulfonamides is 1. The number of rotatable bonds is 2. The number of benzene rings is 1. The van der Waals surface area contributed by atoms with Crippen molar-refractivity contribution < 1.29 is 13.2 Å². The van der Waals surface area contributed by atoms with Crippen LogP contribution in [0.25, 0.3) is 0 Å². The molecule has 0 spiro atoms. The minimum absolute atomic E-state index is 0.228. The lowest BCUT2D eigenvalue weighted by atomic mass is 10.2. The Morgan fingerprint density at radius 2 is 1.79 bits per heavy atom. The fourth-order valence-corrected chi connectivity index (χ4v) is 2.93. The van der Waals surface area contributed by atoms with Gasteiger partial charge in [-0.05, 0) is 26.0 Å². The van der Waals surface area contributed by atoms with E-state index in [9.17, 15) is 8.42 Å². The highest BCUT2D eigenvalue weighted by molar-refractivity contribution is 7.90. The lowest BCUT2D eigenvalue weighted by molar-refractivity contribution is 0.0679. The molecule has 2 rings (SSSR count). The number of hydrogen-bond donors (Lipinski definition) is 0. The summed E-state index contributed by atoms with van der Waals surface area (Å²) in [5, 5.41) is 0.